The van der Waals surface area contributed by atoms with Gasteiger partial charge in [0.1, 0.15) is 0 Å². The van der Waals surface area contributed by atoms with Crippen LogP contribution in [0.15, 0.2) is 34.8 Å². The van der Waals surface area contributed by atoms with Gasteiger partial charge in [-0.2, -0.15) is 0 Å². The molecule has 1 unspecified atom stereocenters. The van der Waals surface area contributed by atoms with Gasteiger partial charge in [-0.15, -0.1) is 0 Å². The Morgan fingerprint density at radius 3 is 2.94 bits per heavy atom. The molecule has 4 heteroatoms. The van der Waals surface area contributed by atoms with Crippen molar-refractivity contribution in [2.24, 2.45) is 0 Å². The molecule has 0 aromatic heterocycles. The number of hydrogen-bond acceptors (Lipinski definition) is 2. The van der Waals surface area contributed by atoms with Gasteiger partial charge in [0.05, 0.1) is 0 Å². The molecule has 1 aliphatic rings. The van der Waals surface area contributed by atoms with Crippen molar-refractivity contribution in [3.05, 3.63) is 40.4 Å². The summed E-state index contributed by atoms with van der Waals surface area (Å²) in [4.78, 5) is 13.8. The first-order valence-electron chi connectivity index (χ1n) is 6.08. The van der Waals surface area contributed by atoms with Crippen LogP contribution in [0.3, 0.4) is 0 Å². The molecule has 1 aliphatic heterocycles. The molecule has 0 spiro atoms. The fourth-order valence-corrected chi connectivity index (χ4v) is 2.46. The van der Waals surface area contributed by atoms with Crippen LogP contribution in [0.2, 0.25) is 0 Å². The van der Waals surface area contributed by atoms with Gasteiger partial charge in [-0.3, -0.25) is 4.79 Å². The molecular weight excluding hydrogens is 292 g/mol. The van der Waals surface area contributed by atoms with Crippen LogP contribution >= 0.6 is 15.9 Å². The Morgan fingerprint density at radius 2 is 2.28 bits per heavy atom. The van der Waals surface area contributed by atoms with Gasteiger partial charge in [-0.05, 0) is 30.7 Å². The molecule has 0 bridgehead atoms. The van der Waals surface area contributed by atoms with Gasteiger partial charge in [-0.25, -0.2) is 0 Å². The minimum absolute atomic E-state index is 0.0550. The zero-order valence-corrected chi connectivity index (χ0v) is 12.0. The Kier molecular flexibility index (Phi) is 4.55. The van der Waals surface area contributed by atoms with Gasteiger partial charge in [-0.1, -0.05) is 34.1 Å². The lowest BCUT2D eigenvalue weighted by Crippen LogP contribution is -2.37. The van der Waals surface area contributed by atoms with E-state index in [2.05, 4.69) is 21.2 Å². The van der Waals surface area contributed by atoms with Crippen LogP contribution in [-0.4, -0.2) is 37.0 Å². The maximum Gasteiger partial charge on any atom is 0.246 e. The predicted octanol–water partition coefficient (Wildman–Crippen LogP) is 2.28. The highest BCUT2D eigenvalue weighted by Crippen LogP contribution is 2.17. The molecule has 0 saturated carbocycles. The SMILES string of the molecule is CN(C(=O)/C=C/c1ccccc1Br)C1CCNC1. The van der Waals surface area contributed by atoms with Crippen LogP contribution in [0.25, 0.3) is 6.08 Å². The van der Waals surface area contributed by atoms with Crippen molar-refractivity contribution in [2.75, 3.05) is 20.1 Å². The highest BCUT2D eigenvalue weighted by molar-refractivity contribution is 9.10. The summed E-state index contributed by atoms with van der Waals surface area (Å²) in [5.41, 5.74) is 1.02. The number of nitrogens with zero attached hydrogens (tertiary/aromatic N) is 1. The summed E-state index contributed by atoms with van der Waals surface area (Å²) in [6.07, 6.45) is 4.52. The Morgan fingerprint density at radius 1 is 1.50 bits per heavy atom. The lowest BCUT2D eigenvalue weighted by atomic mass is 10.2. The van der Waals surface area contributed by atoms with Gasteiger partial charge in [0.2, 0.25) is 5.91 Å². The Balaban J connectivity index is 2.00. The Labute approximate surface area is 116 Å². The first kappa shape index (κ1) is 13.3. The summed E-state index contributed by atoms with van der Waals surface area (Å²) < 4.78 is 0.999. The first-order valence-corrected chi connectivity index (χ1v) is 6.88. The van der Waals surface area contributed by atoms with E-state index in [0.29, 0.717) is 6.04 Å². The third-order valence-corrected chi connectivity index (χ3v) is 3.96. The standard InChI is InChI=1S/C14H17BrN2O/c1-17(12-8-9-16-10-12)14(18)7-6-11-4-2-3-5-13(11)15/h2-7,12,16H,8-10H2,1H3/b7-6+. The Bertz CT molecular complexity index is 453. The summed E-state index contributed by atoms with van der Waals surface area (Å²) in [5, 5.41) is 3.27. The molecular formula is C14H17BrN2O. The molecule has 96 valence electrons. The number of carbonyl (C=O) groups excluding carboxylic acids is 1. The summed E-state index contributed by atoms with van der Waals surface area (Å²) >= 11 is 3.46. The molecule has 1 N–H and O–H groups in total. The number of amides is 1. The van der Waals surface area contributed by atoms with Crippen LogP contribution in [0, 0.1) is 0 Å². The summed E-state index contributed by atoms with van der Waals surface area (Å²) in [5.74, 6) is 0.0550. The molecule has 1 aromatic carbocycles. The maximum absolute atomic E-state index is 12.0. The van der Waals surface area contributed by atoms with Crippen LogP contribution < -0.4 is 5.32 Å². The smallest absolute Gasteiger partial charge is 0.246 e. The van der Waals surface area contributed by atoms with Crippen molar-refractivity contribution in [3.8, 4) is 0 Å². The lowest BCUT2D eigenvalue weighted by molar-refractivity contribution is -0.126. The van der Waals surface area contributed by atoms with Crippen molar-refractivity contribution in [2.45, 2.75) is 12.5 Å². The van der Waals surface area contributed by atoms with E-state index in [9.17, 15) is 4.79 Å². The van der Waals surface area contributed by atoms with Gasteiger partial charge in [0.15, 0.2) is 0 Å². The number of halogens is 1. The molecule has 0 radical (unpaired) electrons. The normalized spacial score (nSPS) is 19.3. The highest BCUT2D eigenvalue weighted by atomic mass is 79.9. The minimum Gasteiger partial charge on any atom is -0.338 e. The summed E-state index contributed by atoms with van der Waals surface area (Å²) in [6.45, 7) is 1.89. The van der Waals surface area contributed by atoms with E-state index >= 15 is 0 Å². The second-order valence-corrected chi connectivity index (χ2v) is 5.30. The van der Waals surface area contributed by atoms with Crippen molar-refractivity contribution in [3.63, 3.8) is 0 Å². The van der Waals surface area contributed by atoms with Crippen molar-refractivity contribution in [1.29, 1.82) is 0 Å². The number of benzene rings is 1. The number of hydrogen-bond donors (Lipinski definition) is 1. The molecule has 18 heavy (non-hydrogen) atoms. The Hall–Kier alpha value is -1.13. The van der Waals surface area contributed by atoms with Crippen molar-refractivity contribution in [1.82, 2.24) is 10.2 Å². The second-order valence-electron chi connectivity index (χ2n) is 4.45. The molecule has 1 fully saturated rings. The highest BCUT2D eigenvalue weighted by Gasteiger charge is 2.21. The van der Waals surface area contributed by atoms with E-state index in [0.717, 1.165) is 29.5 Å². The summed E-state index contributed by atoms with van der Waals surface area (Å²) in [7, 11) is 1.87. The lowest BCUT2D eigenvalue weighted by Gasteiger charge is -2.22. The molecule has 3 nitrogen and oxygen atoms in total. The molecule has 2 rings (SSSR count). The van der Waals surface area contributed by atoms with Gasteiger partial charge >= 0.3 is 0 Å². The second kappa shape index (κ2) is 6.16. The quantitative estimate of drug-likeness (QED) is 0.869. The first-order chi connectivity index (χ1) is 8.68. The van der Waals surface area contributed by atoms with E-state index in [1.807, 2.05) is 42.3 Å². The van der Waals surface area contributed by atoms with Crippen LogP contribution in [0.1, 0.15) is 12.0 Å². The molecule has 0 aliphatic carbocycles. The number of carbonyl (C=O) groups is 1. The van der Waals surface area contributed by atoms with Crippen LogP contribution in [0.4, 0.5) is 0 Å². The molecule has 1 aromatic rings. The van der Waals surface area contributed by atoms with E-state index in [1.54, 1.807) is 6.08 Å². The van der Waals surface area contributed by atoms with E-state index in [-0.39, 0.29) is 5.91 Å². The third kappa shape index (κ3) is 3.21. The number of likely N-dealkylation sites (N-methyl/N-ethyl adjacent to an activating group) is 1. The van der Waals surface area contributed by atoms with E-state index in [4.69, 9.17) is 0 Å². The fraction of sp³-hybridized carbons (Fsp3) is 0.357. The maximum atomic E-state index is 12.0. The number of rotatable bonds is 3. The molecule has 1 atom stereocenters. The monoisotopic (exact) mass is 308 g/mol. The van der Waals surface area contributed by atoms with E-state index in [1.165, 1.54) is 0 Å². The van der Waals surface area contributed by atoms with Crippen LogP contribution in [0.5, 0.6) is 0 Å². The van der Waals surface area contributed by atoms with Crippen molar-refractivity contribution < 1.29 is 4.79 Å². The molecule has 1 amide bonds. The fourth-order valence-electron chi connectivity index (χ4n) is 2.04. The molecule has 1 saturated heterocycles. The topological polar surface area (TPSA) is 32.3 Å². The zero-order valence-electron chi connectivity index (χ0n) is 10.4. The molecule has 1 heterocycles. The van der Waals surface area contributed by atoms with Crippen molar-refractivity contribution >= 4 is 27.9 Å². The van der Waals surface area contributed by atoms with Gasteiger partial charge in [0.25, 0.3) is 0 Å². The predicted molar refractivity (Wildman–Crippen MR) is 77.2 cm³/mol. The van der Waals surface area contributed by atoms with Gasteiger partial charge < -0.3 is 10.2 Å². The number of nitrogens with one attached hydrogen (secondary N) is 1. The summed E-state index contributed by atoms with van der Waals surface area (Å²) in [6, 6.07) is 8.18. The van der Waals surface area contributed by atoms with Crippen LogP contribution in [-0.2, 0) is 4.79 Å². The van der Waals surface area contributed by atoms with Gasteiger partial charge in [0, 0.05) is 30.2 Å². The average Bonchev–Trinajstić information content (AvgIpc) is 2.90. The average molecular weight is 309 g/mol. The van der Waals surface area contributed by atoms with E-state index < -0.39 is 0 Å². The largest absolute Gasteiger partial charge is 0.338 e. The minimum atomic E-state index is 0.0550. The third-order valence-electron chi connectivity index (χ3n) is 3.24. The zero-order chi connectivity index (χ0) is 13.0.